The zero-order valence-electron chi connectivity index (χ0n) is 13.2. The first-order chi connectivity index (χ1) is 11.1. The van der Waals surface area contributed by atoms with E-state index < -0.39 is 5.97 Å². The van der Waals surface area contributed by atoms with Gasteiger partial charge in [0.05, 0.1) is 5.56 Å². The van der Waals surface area contributed by atoms with Crippen molar-refractivity contribution in [1.29, 1.82) is 0 Å². The zero-order valence-corrected chi connectivity index (χ0v) is 13.2. The van der Waals surface area contributed by atoms with Gasteiger partial charge in [0.1, 0.15) is 0 Å². The number of rotatable bonds is 5. The van der Waals surface area contributed by atoms with Gasteiger partial charge < -0.3 is 9.63 Å². The van der Waals surface area contributed by atoms with Gasteiger partial charge in [-0.2, -0.15) is 4.98 Å². The van der Waals surface area contributed by atoms with Gasteiger partial charge in [-0.1, -0.05) is 17.3 Å². The van der Waals surface area contributed by atoms with Crippen LogP contribution in [0.3, 0.4) is 0 Å². The maximum absolute atomic E-state index is 10.9. The first-order valence-corrected chi connectivity index (χ1v) is 7.94. The normalized spacial score (nSPS) is 16.6. The molecule has 0 radical (unpaired) electrons. The van der Waals surface area contributed by atoms with Crippen LogP contribution in [0.5, 0.6) is 0 Å². The fourth-order valence-electron chi connectivity index (χ4n) is 3.03. The van der Waals surface area contributed by atoms with Gasteiger partial charge in [-0.3, -0.25) is 4.90 Å². The van der Waals surface area contributed by atoms with Gasteiger partial charge in [-0.25, -0.2) is 4.79 Å². The fourth-order valence-corrected chi connectivity index (χ4v) is 3.03. The minimum Gasteiger partial charge on any atom is -0.478 e. The Kier molecular flexibility index (Phi) is 4.71. The summed E-state index contributed by atoms with van der Waals surface area (Å²) in [6.07, 6.45) is 3.10. The van der Waals surface area contributed by atoms with Gasteiger partial charge in [0.15, 0.2) is 5.82 Å². The van der Waals surface area contributed by atoms with E-state index in [-0.39, 0.29) is 0 Å². The van der Waals surface area contributed by atoms with Crippen LogP contribution >= 0.6 is 0 Å². The Morgan fingerprint density at radius 2 is 2.00 bits per heavy atom. The summed E-state index contributed by atoms with van der Waals surface area (Å²) in [6.45, 7) is 4.79. The molecule has 6 heteroatoms. The quantitative estimate of drug-likeness (QED) is 0.913. The van der Waals surface area contributed by atoms with Gasteiger partial charge in [0.2, 0.25) is 5.89 Å². The number of aromatic carboxylic acids is 1. The van der Waals surface area contributed by atoms with Crippen molar-refractivity contribution in [2.24, 2.45) is 5.92 Å². The van der Waals surface area contributed by atoms with Gasteiger partial charge in [-0.15, -0.1) is 0 Å². The third kappa shape index (κ3) is 4.16. The van der Waals surface area contributed by atoms with Crippen LogP contribution in [0, 0.1) is 12.8 Å². The molecule has 23 heavy (non-hydrogen) atoms. The van der Waals surface area contributed by atoms with Gasteiger partial charge >= 0.3 is 5.97 Å². The number of aryl methyl sites for hydroxylation is 1. The lowest BCUT2D eigenvalue weighted by atomic mass is 9.93. The molecule has 1 N–H and O–H groups in total. The van der Waals surface area contributed by atoms with E-state index in [2.05, 4.69) is 15.0 Å². The molecule has 122 valence electrons. The summed E-state index contributed by atoms with van der Waals surface area (Å²) in [7, 11) is 0. The summed E-state index contributed by atoms with van der Waals surface area (Å²) >= 11 is 0. The third-order valence-electron chi connectivity index (χ3n) is 4.35. The molecule has 1 aliphatic rings. The molecule has 0 aliphatic carbocycles. The number of hydrogen-bond donors (Lipinski definition) is 1. The summed E-state index contributed by atoms with van der Waals surface area (Å²) in [5.41, 5.74) is 1.49. The van der Waals surface area contributed by atoms with Crippen molar-refractivity contribution < 1.29 is 14.4 Å². The van der Waals surface area contributed by atoms with Crippen molar-refractivity contribution in [3.05, 3.63) is 47.1 Å². The van der Waals surface area contributed by atoms with E-state index in [0.29, 0.717) is 17.3 Å². The number of aromatic nitrogens is 2. The number of carboxylic acids is 1. The van der Waals surface area contributed by atoms with Crippen LogP contribution in [-0.4, -0.2) is 39.2 Å². The summed E-state index contributed by atoms with van der Waals surface area (Å²) in [6, 6.07) is 7.14. The van der Waals surface area contributed by atoms with Crippen molar-refractivity contribution in [2.45, 2.75) is 32.7 Å². The summed E-state index contributed by atoms with van der Waals surface area (Å²) < 4.78 is 5.20. The molecule has 2 aromatic rings. The van der Waals surface area contributed by atoms with E-state index in [0.717, 1.165) is 50.4 Å². The second-order valence-electron chi connectivity index (χ2n) is 6.16. The number of hydrogen-bond acceptors (Lipinski definition) is 5. The number of benzene rings is 1. The summed E-state index contributed by atoms with van der Waals surface area (Å²) in [5, 5.41) is 12.8. The van der Waals surface area contributed by atoms with E-state index in [1.54, 1.807) is 12.1 Å². The number of nitrogens with zero attached hydrogens (tertiary/aromatic N) is 3. The molecular weight excluding hydrogens is 294 g/mol. The van der Waals surface area contributed by atoms with Crippen LogP contribution in [-0.2, 0) is 13.0 Å². The van der Waals surface area contributed by atoms with E-state index >= 15 is 0 Å². The second kappa shape index (κ2) is 6.91. The Labute approximate surface area is 135 Å². The second-order valence-corrected chi connectivity index (χ2v) is 6.16. The molecule has 0 amide bonds. The van der Waals surface area contributed by atoms with Crippen molar-refractivity contribution in [1.82, 2.24) is 15.0 Å². The van der Waals surface area contributed by atoms with E-state index in [1.807, 2.05) is 19.1 Å². The zero-order chi connectivity index (χ0) is 16.2. The number of carbonyl (C=O) groups is 1. The predicted octanol–water partition coefficient (Wildman–Crippen LogP) is 2.53. The standard InChI is InChI=1S/C17H21N3O3/c1-12-18-16(23-19-12)10-13-6-8-20(9-7-13)11-14-2-4-15(5-3-14)17(21)22/h2-5,13H,6-11H2,1H3,(H,21,22). The van der Waals surface area contributed by atoms with Crippen LogP contribution in [0.15, 0.2) is 28.8 Å². The highest BCUT2D eigenvalue weighted by atomic mass is 16.5. The number of piperidine rings is 1. The molecule has 0 bridgehead atoms. The number of likely N-dealkylation sites (tertiary alicyclic amines) is 1. The smallest absolute Gasteiger partial charge is 0.335 e. The Morgan fingerprint density at radius 3 is 2.57 bits per heavy atom. The van der Waals surface area contributed by atoms with E-state index in [1.165, 1.54) is 0 Å². The first-order valence-electron chi connectivity index (χ1n) is 7.94. The third-order valence-corrected chi connectivity index (χ3v) is 4.35. The Bertz CT molecular complexity index is 658. The van der Waals surface area contributed by atoms with Crippen LogP contribution in [0.25, 0.3) is 0 Å². The monoisotopic (exact) mass is 315 g/mol. The lowest BCUT2D eigenvalue weighted by Gasteiger charge is -2.31. The van der Waals surface area contributed by atoms with Crippen molar-refractivity contribution >= 4 is 5.97 Å². The van der Waals surface area contributed by atoms with E-state index in [9.17, 15) is 4.79 Å². The van der Waals surface area contributed by atoms with Crippen molar-refractivity contribution in [3.63, 3.8) is 0 Å². The molecule has 1 aliphatic heterocycles. The molecule has 6 nitrogen and oxygen atoms in total. The minimum atomic E-state index is -0.881. The highest BCUT2D eigenvalue weighted by molar-refractivity contribution is 5.87. The van der Waals surface area contributed by atoms with Gasteiger partial charge in [0, 0.05) is 13.0 Å². The molecular formula is C17H21N3O3. The topological polar surface area (TPSA) is 79.5 Å². The maximum atomic E-state index is 10.9. The first kappa shape index (κ1) is 15.7. The molecule has 0 unspecified atom stereocenters. The highest BCUT2D eigenvalue weighted by Crippen LogP contribution is 2.22. The summed E-state index contributed by atoms with van der Waals surface area (Å²) in [4.78, 5) is 17.5. The average molecular weight is 315 g/mol. The average Bonchev–Trinajstić information content (AvgIpc) is 2.95. The lowest BCUT2D eigenvalue weighted by molar-refractivity contribution is 0.0697. The van der Waals surface area contributed by atoms with Crippen LogP contribution in [0.1, 0.15) is 40.5 Å². The van der Waals surface area contributed by atoms with Crippen molar-refractivity contribution in [3.8, 4) is 0 Å². The molecule has 3 rings (SSSR count). The molecule has 0 atom stereocenters. The van der Waals surface area contributed by atoms with Gasteiger partial charge in [-0.05, 0) is 56.5 Å². The molecule has 2 heterocycles. The maximum Gasteiger partial charge on any atom is 0.335 e. The summed E-state index contributed by atoms with van der Waals surface area (Å²) in [5.74, 6) is 1.15. The Hall–Kier alpha value is -2.21. The molecule has 1 fully saturated rings. The lowest BCUT2D eigenvalue weighted by Crippen LogP contribution is -2.33. The highest BCUT2D eigenvalue weighted by Gasteiger charge is 2.21. The Balaban J connectivity index is 1.48. The molecule has 1 aromatic heterocycles. The predicted molar refractivity (Wildman–Crippen MR) is 84.1 cm³/mol. The largest absolute Gasteiger partial charge is 0.478 e. The molecule has 0 saturated carbocycles. The van der Waals surface area contributed by atoms with Crippen LogP contribution in [0.4, 0.5) is 0 Å². The molecule has 1 saturated heterocycles. The SMILES string of the molecule is Cc1noc(CC2CCN(Cc3ccc(C(=O)O)cc3)CC2)n1. The van der Waals surface area contributed by atoms with Crippen LogP contribution in [0.2, 0.25) is 0 Å². The minimum absolute atomic E-state index is 0.335. The molecule has 1 aromatic carbocycles. The molecule has 0 spiro atoms. The fraction of sp³-hybridized carbons (Fsp3) is 0.471. The van der Waals surface area contributed by atoms with Gasteiger partial charge in [0.25, 0.3) is 0 Å². The van der Waals surface area contributed by atoms with E-state index in [4.69, 9.17) is 9.63 Å². The van der Waals surface area contributed by atoms with Crippen molar-refractivity contribution in [2.75, 3.05) is 13.1 Å². The van der Waals surface area contributed by atoms with Crippen LogP contribution < -0.4 is 0 Å². The number of carboxylic acid groups (broad SMARTS) is 1. The Morgan fingerprint density at radius 1 is 1.30 bits per heavy atom.